The molecule has 0 saturated carbocycles. The quantitative estimate of drug-likeness (QED) is 0.724. The molecule has 24 heavy (non-hydrogen) atoms. The van der Waals surface area contributed by atoms with Gasteiger partial charge in [0.25, 0.3) is 0 Å². The smallest absolute Gasteiger partial charge is 0.246 e. The second kappa shape index (κ2) is 6.97. The molecular formula is C14H18N8O2. The van der Waals surface area contributed by atoms with E-state index in [1.165, 1.54) is 0 Å². The zero-order valence-corrected chi connectivity index (χ0v) is 13.2. The van der Waals surface area contributed by atoms with E-state index in [4.69, 9.17) is 9.47 Å². The van der Waals surface area contributed by atoms with E-state index >= 15 is 0 Å². The normalized spacial score (nSPS) is 18.7. The Morgan fingerprint density at radius 3 is 1.50 bits per heavy atom. The molecule has 2 aliphatic heterocycles. The van der Waals surface area contributed by atoms with Crippen molar-refractivity contribution >= 4 is 11.9 Å². The van der Waals surface area contributed by atoms with Gasteiger partial charge >= 0.3 is 0 Å². The van der Waals surface area contributed by atoms with E-state index < -0.39 is 0 Å². The molecule has 10 heteroatoms. The minimum Gasteiger partial charge on any atom is -0.378 e. The summed E-state index contributed by atoms with van der Waals surface area (Å²) in [5.74, 6) is 1.17. The predicted octanol–water partition coefficient (Wildman–Crippen LogP) is -0.603. The van der Waals surface area contributed by atoms with Gasteiger partial charge in [-0.15, -0.1) is 10.2 Å². The van der Waals surface area contributed by atoms with Crippen LogP contribution in [0.1, 0.15) is 0 Å². The lowest BCUT2D eigenvalue weighted by molar-refractivity contribution is 0.122. The van der Waals surface area contributed by atoms with Crippen molar-refractivity contribution in [2.75, 3.05) is 62.4 Å². The molecule has 0 amide bonds. The van der Waals surface area contributed by atoms with Crippen molar-refractivity contribution < 1.29 is 9.47 Å². The maximum absolute atomic E-state index is 5.36. The maximum Gasteiger partial charge on any atom is 0.246 e. The third-order valence-electron chi connectivity index (χ3n) is 3.95. The van der Waals surface area contributed by atoms with Gasteiger partial charge in [-0.25, -0.2) is 9.97 Å². The molecule has 4 rings (SSSR count). The van der Waals surface area contributed by atoms with Crippen LogP contribution in [0.4, 0.5) is 11.9 Å². The summed E-state index contributed by atoms with van der Waals surface area (Å²) >= 11 is 0. The molecule has 2 aromatic heterocycles. The first-order valence-electron chi connectivity index (χ1n) is 7.95. The Labute approximate surface area is 138 Å². The van der Waals surface area contributed by atoms with Crippen LogP contribution in [0.2, 0.25) is 0 Å². The second-order valence-corrected chi connectivity index (χ2v) is 5.48. The van der Waals surface area contributed by atoms with Crippen LogP contribution in [0.25, 0.3) is 11.4 Å². The van der Waals surface area contributed by atoms with Gasteiger partial charge in [0.2, 0.25) is 11.9 Å². The Bertz CT molecular complexity index is 628. The van der Waals surface area contributed by atoms with E-state index in [9.17, 15) is 0 Å². The van der Waals surface area contributed by atoms with E-state index in [1.54, 1.807) is 12.4 Å². The molecular weight excluding hydrogens is 312 g/mol. The molecule has 0 aromatic carbocycles. The standard InChI is InChI=1S/C14H18N8O2/c1-5-23-6-2-21(1)13-17-11(9-15-19-13)12-10-16-20-14(18-12)22-3-7-24-8-4-22/h9-10H,1-8H2. The predicted molar refractivity (Wildman–Crippen MR) is 84.7 cm³/mol. The first-order chi connectivity index (χ1) is 11.9. The number of hydrogen-bond acceptors (Lipinski definition) is 10. The Balaban J connectivity index is 1.59. The summed E-state index contributed by atoms with van der Waals surface area (Å²) in [6.07, 6.45) is 3.19. The van der Waals surface area contributed by atoms with E-state index in [0.717, 1.165) is 26.2 Å². The summed E-state index contributed by atoms with van der Waals surface area (Å²) in [5.41, 5.74) is 1.27. The lowest BCUT2D eigenvalue weighted by atomic mass is 10.3. The van der Waals surface area contributed by atoms with E-state index in [2.05, 4.69) is 40.2 Å². The first kappa shape index (κ1) is 15.1. The molecule has 10 nitrogen and oxygen atoms in total. The van der Waals surface area contributed by atoms with Crippen LogP contribution in [0, 0.1) is 0 Å². The highest BCUT2D eigenvalue weighted by Gasteiger charge is 2.18. The van der Waals surface area contributed by atoms with Gasteiger partial charge in [0.1, 0.15) is 11.4 Å². The molecule has 0 aliphatic carbocycles. The summed E-state index contributed by atoms with van der Waals surface area (Å²) in [6.45, 7) is 5.71. The number of aromatic nitrogens is 6. The van der Waals surface area contributed by atoms with Gasteiger partial charge in [-0.2, -0.15) is 10.2 Å². The number of morpholine rings is 2. The molecule has 0 unspecified atom stereocenters. The molecule has 2 saturated heterocycles. The van der Waals surface area contributed by atoms with Gasteiger partial charge in [0, 0.05) is 26.2 Å². The van der Waals surface area contributed by atoms with Gasteiger partial charge < -0.3 is 19.3 Å². The van der Waals surface area contributed by atoms with Gasteiger partial charge in [0.15, 0.2) is 0 Å². The van der Waals surface area contributed by atoms with Crippen LogP contribution in [0.3, 0.4) is 0 Å². The highest BCUT2D eigenvalue weighted by atomic mass is 16.5. The maximum atomic E-state index is 5.36. The fourth-order valence-electron chi connectivity index (χ4n) is 2.63. The third-order valence-corrected chi connectivity index (χ3v) is 3.95. The highest BCUT2D eigenvalue weighted by Crippen LogP contribution is 2.18. The highest BCUT2D eigenvalue weighted by molar-refractivity contribution is 5.54. The van der Waals surface area contributed by atoms with Gasteiger partial charge in [-0.05, 0) is 0 Å². The number of rotatable bonds is 3. The molecule has 0 bridgehead atoms. The van der Waals surface area contributed by atoms with Crippen molar-refractivity contribution in [3.63, 3.8) is 0 Å². The summed E-state index contributed by atoms with van der Waals surface area (Å²) in [4.78, 5) is 13.3. The molecule has 0 N–H and O–H groups in total. The zero-order chi connectivity index (χ0) is 16.2. The van der Waals surface area contributed by atoms with E-state index in [1.807, 2.05) is 0 Å². The average Bonchev–Trinajstić information content (AvgIpc) is 2.70. The number of ether oxygens (including phenoxy) is 2. The fraction of sp³-hybridized carbons (Fsp3) is 0.571. The SMILES string of the molecule is c1nnc(N2CCOCC2)nc1-c1cnnc(N2CCOCC2)n1. The Kier molecular flexibility index (Phi) is 4.38. The summed E-state index contributed by atoms with van der Waals surface area (Å²) < 4.78 is 10.7. The molecule has 2 aliphatic rings. The third kappa shape index (κ3) is 3.24. The summed E-state index contributed by atoms with van der Waals surface area (Å²) in [7, 11) is 0. The van der Waals surface area contributed by atoms with Crippen LogP contribution in [-0.4, -0.2) is 83.0 Å². The van der Waals surface area contributed by atoms with Crippen molar-refractivity contribution in [3.05, 3.63) is 12.4 Å². The number of anilines is 2. The molecule has 126 valence electrons. The molecule has 0 radical (unpaired) electrons. The van der Waals surface area contributed by atoms with Crippen molar-refractivity contribution in [1.82, 2.24) is 30.4 Å². The van der Waals surface area contributed by atoms with Crippen molar-refractivity contribution in [2.24, 2.45) is 0 Å². The van der Waals surface area contributed by atoms with Gasteiger partial charge in [0.05, 0.1) is 38.8 Å². The number of nitrogens with zero attached hydrogens (tertiary/aromatic N) is 8. The van der Waals surface area contributed by atoms with E-state index in [0.29, 0.717) is 49.7 Å². The van der Waals surface area contributed by atoms with E-state index in [-0.39, 0.29) is 0 Å². The lowest BCUT2D eigenvalue weighted by Gasteiger charge is -2.27. The Morgan fingerprint density at radius 2 is 1.08 bits per heavy atom. The van der Waals surface area contributed by atoms with Gasteiger partial charge in [-0.3, -0.25) is 0 Å². The lowest BCUT2D eigenvalue weighted by Crippen LogP contribution is -2.37. The van der Waals surface area contributed by atoms with Crippen LogP contribution in [-0.2, 0) is 9.47 Å². The first-order valence-corrected chi connectivity index (χ1v) is 7.95. The van der Waals surface area contributed by atoms with Crippen LogP contribution >= 0.6 is 0 Å². The minimum absolute atomic E-state index is 0.585. The van der Waals surface area contributed by atoms with Crippen molar-refractivity contribution in [3.8, 4) is 11.4 Å². The van der Waals surface area contributed by atoms with Crippen LogP contribution in [0.15, 0.2) is 12.4 Å². The molecule has 0 spiro atoms. The van der Waals surface area contributed by atoms with Crippen LogP contribution in [0.5, 0.6) is 0 Å². The fourth-order valence-corrected chi connectivity index (χ4v) is 2.63. The monoisotopic (exact) mass is 330 g/mol. The molecule has 0 atom stereocenters. The second-order valence-electron chi connectivity index (χ2n) is 5.48. The molecule has 2 fully saturated rings. The molecule has 2 aromatic rings. The zero-order valence-electron chi connectivity index (χ0n) is 13.2. The van der Waals surface area contributed by atoms with Crippen molar-refractivity contribution in [2.45, 2.75) is 0 Å². The summed E-state index contributed by atoms with van der Waals surface area (Å²) in [5, 5.41) is 16.4. The average molecular weight is 330 g/mol. The Morgan fingerprint density at radius 1 is 0.667 bits per heavy atom. The number of hydrogen-bond donors (Lipinski definition) is 0. The molecule has 4 heterocycles. The summed E-state index contributed by atoms with van der Waals surface area (Å²) in [6, 6.07) is 0. The van der Waals surface area contributed by atoms with Crippen molar-refractivity contribution in [1.29, 1.82) is 0 Å². The topological polar surface area (TPSA) is 102 Å². The van der Waals surface area contributed by atoms with Gasteiger partial charge in [-0.1, -0.05) is 0 Å². The Hall–Kier alpha value is -2.46. The van der Waals surface area contributed by atoms with Crippen LogP contribution < -0.4 is 9.80 Å². The minimum atomic E-state index is 0.585. The largest absolute Gasteiger partial charge is 0.378 e.